The van der Waals surface area contributed by atoms with Crippen LogP contribution in [0, 0.1) is 5.82 Å². The van der Waals surface area contributed by atoms with Crippen LogP contribution in [0.25, 0.3) is 0 Å². The molecule has 1 aliphatic rings. The van der Waals surface area contributed by atoms with E-state index in [0.29, 0.717) is 36.9 Å². The Morgan fingerprint density at radius 3 is 2.44 bits per heavy atom. The first-order valence-corrected chi connectivity index (χ1v) is 9.31. The van der Waals surface area contributed by atoms with E-state index in [2.05, 4.69) is 4.98 Å². The number of Topliss-reactive ketones (excluding diaryl/α,β-unsaturated/α-hetero) is 1. The van der Waals surface area contributed by atoms with Gasteiger partial charge in [-0.1, -0.05) is 25.4 Å². The van der Waals surface area contributed by atoms with Crippen LogP contribution in [0.1, 0.15) is 37.2 Å². The molecule has 8 heteroatoms. The van der Waals surface area contributed by atoms with Gasteiger partial charge in [-0.2, -0.15) is 0 Å². The van der Waals surface area contributed by atoms with E-state index in [0.717, 1.165) is 0 Å². The molecule has 0 radical (unpaired) electrons. The summed E-state index contributed by atoms with van der Waals surface area (Å²) < 4.78 is 18.2. The van der Waals surface area contributed by atoms with Gasteiger partial charge in [-0.05, 0) is 18.2 Å². The van der Waals surface area contributed by atoms with Crippen molar-refractivity contribution in [3.05, 3.63) is 47.4 Å². The van der Waals surface area contributed by atoms with Crippen LogP contribution in [0.4, 0.5) is 10.1 Å². The fourth-order valence-corrected chi connectivity index (χ4v) is 3.01. The highest BCUT2D eigenvalue weighted by Gasteiger charge is 2.22. The van der Waals surface area contributed by atoms with Crippen molar-refractivity contribution in [2.75, 3.05) is 31.1 Å². The average molecular weight is 396 g/mol. The van der Waals surface area contributed by atoms with Gasteiger partial charge in [-0.25, -0.2) is 9.37 Å². The van der Waals surface area contributed by atoms with Crippen molar-refractivity contribution in [3.63, 3.8) is 0 Å². The monoisotopic (exact) mass is 395 g/mol. The zero-order valence-corrected chi connectivity index (χ0v) is 16.2. The molecule has 0 N–H and O–H groups in total. The van der Waals surface area contributed by atoms with Gasteiger partial charge in [0.25, 0.3) is 0 Å². The molecule has 1 fully saturated rings. The van der Waals surface area contributed by atoms with Gasteiger partial charge >= 0.3 is 0 Å². The fraction of sp³-hybridized carbons (Fsp3) is 0.421. The third-order valence-electron chi connectivity index (χ3n) is 4.13. The minimum absolute atomic E-state index is 0.0752. The molecule has 1 amide bonds. The van der Waals surface area contributed by atoms with Crippen molar-refractivity contribution in [2.24, 2.45) is 0 Å². The number of carbonyl (C=O) groups is 2. The molecule has 1 aromatic heterocycles. The molecule has 1 aromatic carbocycles. The number of piperazine rings is 1. The zero-order valence-electron chi connectivity index (χ0n) is 15.5. The molecule has 2 aromatic rings. The van der Waals surface area contributed by atoms with Crippen LogP contribution in [0.15, 0.2) is 35.3 Å². The molecule has 0 saturated carbocycles. The number of rotatable bonds is 5. The number of hydrogen-bond donors (Lipinski definition) is 0. The maximum absolute atomic E-state index is 13.5. The number of oxazole rings is 1. The predicted molar refractivity (Wildman–Crippen MR) is 102 cm³/mol. The molecule has 0 aliphatic carbocycles. The normalized spacial score (nSPS) is 13.8. The van der Waals surface area contributed by atoms with Crippen LogP contribution < -0.4 is 4.90 Å². The van der Waals surface area contributed by atoms with Crippen LogP contribution in [0.5, 0.6) is 0 Å². The lowest BCUT2D eigenvalue weighted by Gasteiger charge is -2.36. The van der Waals surface area contributed by atoms with Crippen molar-refractivity contribution < 1.29 is 18.4 Å². The SMILES string of the molecule is CC.O=C(CCC(=O)N1CCN(c2cc(F)cc(Cl)c2)CC1)c1cocn1. The standard InChI is InChI=1S/C17H17ClFN3O3.C2H6/c18-12-7-13(19)9-14(8-12)21-3-5-22(6-4-21)17(24)2-1-16(23)15-10-25-11-20-15;1-2/h7-11H,1-6H2;1-2H3. The van der Waals surface area contributed by atoms with Crippen molar-refractivity contribution in [1.82, 2.24) is 9.88 Å². The van der Waals surface area contributed by atoms with Gasteiger partial charge in [0.15, 0.2) is 12.2 Å². The summed E-state index contributed by atoms with van der Waals surface area (Å²) in [4.78, 5) is 31.6. The lowest BCUT2D eigenvalue weighted by molar-refractivity contribution is -0.131. The maximum atomic E-state index is 13.5. The van der Waals surface area contributed by atoms with Crippen molar-refractivity contribution >= 4 is 29.0 Å². The summed E-state index contributed by atoms with van der Waals surface area (Å²) in [5.41, 5.74) is 0.943. The molecule has 6 nitrogen and oxygen atoms in total. The number of benzene rings is 1. The van der Waals surface area contributed by atoms with Gasteiger partial charge in [0, 0.05) is 49.7 Å². The zero-order chi connectivity index (χ0) is 19.8. The van der Waals surface area contributed by atoms with E-state index in [9.17, 15) is 14.0 Å². The molecule has 146 valence electrons. The third kappa shape index (κ3) is 5.79. The average Bonchev–Trinajstić information content (AvgIpc) is 3.22. The molecule has 2 heterocycles. The number of ketones is 1. The summed E-state index contributed by atoms with van der Waals surface area (Å²) >= 11 is 5.89. The number of anilines is 1. The summed E-state index contributed by atoms with van der Waals surface area (Å²) in [5, 5.41) is 0.347. The Morgan fingerprint density at radius 2 is 1.85 bits per heavy atom. The minimum atomic E-state index is -0.382. The maximum Gasteiger partial charge on any atom is 0.223 e. The van der Waals surface area contributed by atoms with Gasteiger partial charge < -0.3 is 14.2 Å². The van der Waals surface area contributed by atoms with Crippen LogP contribution in [0.2, 0.25) is 5.02 Å². The van der Waals surface area contributed by atoms with Crippen molar-refractivity contribution in [3.8, 4) is 0 Å². The molecule has 1 saturated heterocycles. The number of amides is 1. The van der Waals surface area contributed by atoms with Crippen LogP contribution in [-0.4, -0.2) is 47.8 Å². The minimum Gasteiger partial charge on any atom is -0.451 e. The molecule has 0 spiro atoms. The van der Waals surface area contributed by atoms with Gasteiger partial charge in [0.2, 0.25) is 5.91 Å². The summed E-state index contributed by atoms with van der Waals surface area (Å²) in [7, 11) is 0. The molecule has 1 aliphatic heterocycles. The second-order valence-electron chi connectivity index (χ2n) is 5.79. The first-order chi connectivity index (χ1) is 13.0. The Balaban J connectivity index is 0.00000126. The Labute approximate surface area is 162 Å². The number of carbonyl (C=O) groups excluding carboxylic acids is 2. The first kappa shape index (κ1) is 20.9. The molecular weight excluding hydrogens is 373 g/mol. The predicted octanol–water partition coefficient (Wildman–Crippen LogP) is 3.81. The van der Waals surface area contributed by atoms with Crippen LogP contribution in [0.3, 0.4) is 0 Å². The van der Waals surface area contributed by atoms with Crippen LogP contribution >= 0.6 is 11.6 Å². The highest BCUT2D eigenvalue weighted by molar-refractivity contribution is 6.30. The Morgan fingerprint density at radius 1 is 1.15 bits per heavy atom. The van der Waals surface area contributed by atoms with Gasteiger partial charge in [-0.3, -0.25) is 9.59 Å². The van der Waals surface area contributed by atoms with E-state index >= 15 is 0 Å². The Bertz CT molecular complexity index is 739. The fourth-order valence-electron chi connectivity index (χ4n) is 2.79. The van der Waals surface area contributed by atoms with E-state index in [1.807, 2.05) is 18.7 Å². The highest BCUT2D eigenvalue weighted by atomic mass is 35.5. The lowest BCUT2D eigenvalue weighted by atomic mass is 10.1. The summed E-state index contributed by atoms with van der Waals surface area (Å²) in [6.45, 7) is 6.21. The largest absolute Gasteiger partial charge is 0.451 e. The number of aromatic nitrogens is 1. The number of nitrogens with zero attached hydrogens (tertiary/aromatic N) is 3. The molecule has 0 unspecified atom stereocenters. The first-order valence-electron chi connectivity index (χ1n) is 8.93. The molecule has 3 rings (SSSR count). The van der Waals surface area contributed by atoms with Gasteiger partial charge in [0.05, 0.1) is 0 Å². The van der Waals surface area contributed by atoms with Crippen LogP contribution in [-0.2, 0) is 4.79 Å². The van der Waals surface area contributed by atoms with Gasteiger partial charge in [0.1, 0.15) is 17.8 Å². The van der Waals surface area contributed by atoms with E-state index < -0.39 is 0 Å². The topological polar surface area (TPSA) is 66.7 Å². The third-order valence-corrected chi connectivity index (χ3v) is 4.35. The smallest absolute Gasteiger partial charge is 0.223 e. The lowest BCUT2D eigenvalue weighted by Crippen LogP contribution is -2.48. The number of halogens is 2. The van der Waals surface area contributed by atoms with E-state index in [1.54, 1.807) is 11.0 Å². The summed E-state index contributed by atoms with van der Waals surface area (Å²) in [6.07, 6.45) is 2.70. The molecular formula is C19H23ClFN3O3. The molecule has 27 heavy (non-hydrogen) atoms. The Hall–Kier alpha value is -2.41. The molecule has 0 atom stereocenters. The molecule has 0 bridgehead atoms. The Kier molecular flexibility index (Phi) is 7.79. The van der Waals surface area contributed by atoms with E-state index in [-0.39, 0.29) is 36.0 Å². The highest BCUT2D eigenvalue weighted by Crippen LogP contribution is 2.23. The van der Waals surface area contributed by atoms with E-state index in [1.165, 1.54) is 24.8 Å². The van der Waals surface area contributed by atoms with Gasteiger partial charge in [-0.15, -0.1) is 0 Å². The summed E-state index contributed by atoms with van der Waals surface area (Å²) in [5.74, 6) is -0.670. The van der Waals surface area contributed by atoms with E-state index in [4.69, 9.17) is 16.0 Å². The quantitative estimate of drug-likeness (QED) is 0.720. The van der Waals surface area contributed by atoms with Crippen molar-refractivity contribution in [2.45, 2.75) is 26.7 Å². The summed E-state index contributed by atoms with van der Waals surface area (Å²) in [6, 6.07) is 4.40. The second-order valence-corrected chi connectivity index (χ2v) is 6.23. The second kappa shape index (κ2) is 10.1. The van der Waals surface area contributed by atoms with Crippen molar-refractivity contribution in [1.29, 1.82) is 0 Å². The number of hydrogen-bond acceptors (Lipinski definition) is 5.